The van der Waals surface area contributed by atoms with Crippen LogP contribution >= 0.6 is 0 Å². The molecule has 0 unspecified atom stereocenters. The molecule has 0 aliphatic carbocycles. The van der Waals surface area contributed by atoms with Gasteiger partial charge in [0.25, 0.3) is 5.91 Å². The summed E-state index contributed by atoms with van der Waals surface area (Å²) in [4.78, 5) is 17.3. The summed E-state index contributed by atoms with van der Waals surface area (Å²) < 4.78 is 21.1. The molecule has 1 fully saturated rings. The molecule has 7 heteroatoms. The molecule has 0 atom stereocenters. The lowest BCUT2D eigenvalue weighted by atomic mass is 10.0. The molecule has 0 saturated carbocycles. The molecule has 1 aliphatic rings. The van der Waals surface area contributed by atoms with Crippen LogP contribution < -0.4 is 10.6 Å². The quantitative estimate of drug-likeness (QED) is 0.684. The number of halogens is 1. The third-order valence-corrected chi connectivity index (χ3v) is 5.43. The van der Waals surface area contributed by atoms with Gasteiger partial charge in [-0.3, -0.25) is 4.79 Å². The van der Waals surface area contributed by atoms with Gasteiger partial charge in [-0.2, -0.15) is 0 Å². The Morgan fingerprint density at radius 2 is 2.03 bits per heavy atom. The lowest BCUT2D eigenvalue weighted by molar-refractivity contribution is 0.0642. The van der Waals surface area contributed by atoms with Crippen LogP contribution in [-0.2, 0) is 4.74 Å². The summed E-state index contributed by atoms with van der Waals surface area (Å²) in [5.74, 6) is 0.588. The largest absolute Gasteiger partial charge is 0.381 e. The van der Waals surface area contributed by atoms with Crippen LogP contribution in [0.4, 0.5) is 15.9 Å². The molecule has 3 heterocycles. The zero-order valence-electron chi connectivity index (χ0n) is 16.7. The molecule has 0 spiro atoms. The number of nitrogens with zero attached hydrogens (tertiary/aromatic N) is 2. The number of nitrogens with one attached hydrogen (secondary N) is 2. The number of rotatable bonds is 5. The van der Waals surface area contributed by atoms with E-state index < -0.39 is 0 Å². The van der Waals surface area contributed by atoms with Gasteiger partial charge in [0.1, 0.15) is 11.5 Å². The third kappa shape index (κ3) is 4.10. The Kier molecular flexibility index (Phi) is 5.49. The summed E-state index contributed by atoms with van der Waals surface area (Å²) in [5.41, 5.74) is 3.37. The van der Waals surface area contributed by atoms with E-state index in [-0.39, 0.29) is 11.7 Å². The van der Waals surface area contributed by atoms with Crippen LogP contribution in [0.2, 0.25) is 0 Å². The summed E-state index contributed by atoms with van der Waals surface area (Å²) >= 11 is 0. The van der Waals surface area contributed by atoms with Crippen LogP contribution in [0.25, 0.3) is 5.52 Å². The first-order valence-corrected chi connectivity index (χ1v) is 9.89. The Labute approximate surface area is 169 Å². The molecule has 2 aromatic heterocycles. The average molecular weight is 396 g/mol. The topological polar surface area (TPSA) is 67.7 Å². The van der Waals surface area contributed by atoms with E-state index in [0.29, 0.717) is 35.2 Å². The van der Waals surface area contributed by atoms with E-state index in [1.165, 1.54) is 6.07 Å². The molecule has 1 aromatic carbocycles. The lowest BCUT2D eigenvalue weighted by Gasteiger charge is -2.22. The van der Waals surface area contributed by atoms with Gasteiger partial charge >= 0.3 is 0 Å². The van der Waals surface area contributed by atoms with E-state index in [1.807, 2.05) is 23.5 Å². The van der Waals surface area contributed by atoms with E-state index >= 15 is 0 Å². The maximum absolute atomic E-state index is 13.9. The van der Waals surface area contributed by atoms with Gasteiger partial charge in [0.05, 0.1) is 11.7 Å². The molecule has 4 rings (SSSR count). The number of anilines is 2. The van der Waals surface area contributed by atoms with Gasteiger partial charge in [0.15, 0.2) is 5.82 Å². The Morgan fingerprint density at radius 3 is 2.79 bits per heavy atom. The number of hydrogen-bond donors (Lipinski definition) is 2. The first-order valence-electron chi connectivity index (χ1n) is 9.89. The monoisotopic (exact) mass is 396 g/mol. The number of aromatic nitrogens is 2. The van der Waals surface area contributed by atoms with E-state index in [2.05, 4.69) is 15.6 Å². The van der Waals surface area contributed by atoms with E-state index in [0.717, 1.165) is 37.3 Å². The van der Waals surface area contributed by atoms with E-state index in [1.54, 1.807) is 25.3 Å². The Balaban J connectivity index is 1.58. The molecule has 3 aromatic rings. The number of amides is 1. The molecule has 2 N–H and O–H groups in total. The number of hydrogen-bond acceptors (Lipinski definition) is 4. The highest BCUT2D eigenvalue weighted by Gasteiger charge is 2.18. The van der Waals surface area contributed by atoms with Crippen molar-refractivity contribution in [2.75, 3.05) is 25.1 Å². The van der Waals surface area contributed by atoms with Crippen LogP contribution in [0.1, 0.15) is 34.6 Å². The summed E-state index contributed by atoms with van der Waals surface area (Å²) in [6, 6.07) is 8.81. The minimum absolute atomic E-state index is 0.152. The Morgan fingerprint density at radius 1 is 1.24 bits per heavy atom. The highest BCUT2D eigenvalue weighted by atomic mass is 19.1. The Hall–Kier alpha value is -2.93. The van der Waals surface area contributed by atoms with Crippen molar-refractivity contribution in [1.82, 2.24) is 14.7 Å². The average Bonchev–Trinajstić information content (AvgIpc) is 3.12. The van der Waals surface area contributed by atoms with Crippen LogP contribution in [0.3, 0.4) is 0 Å². The lowest BCUT2D eigenvalue weighted by Crippen LogP contribution is -2.33. The molecule has 1 aliphatic heterocycles. The molecular weight excluding hydrogens is 371 g/mol. The van der Waals surface area contributed by atoms with Gasteiger partial charge in [-0.15, -0.1) is 0 Å². The second-order valence-electron chi connectivity index (χ2n) is 7.54. The summed E-state index contributed by atoms with van der Waals surface area (Å²) in [6.45, 7) is 5.80. The van der Waals surface area contributed by atoms with Gasteiger partial charge in [0, 0.05) is 31.1 Å². The third-order valence-electron chi connectivity index (χ3n) is 5.43. The second kappa shape index (κ2) is 8.21. The number of ether oxygens (including phenoxy) is 1. The van der Waals surface area contributed by atoms with Crippen LogP contribution in [-0.4, -0.2) is 35.1 Å². The van der Waals surface area contributed by atoms with Crippen molar-refractivity contribution in [3.63, 3.8) is 0 Å². The van der Waals surface area contributed by atoms with Gasteiger partial charge in [-0.05, 0) is 62.4 Å². The van der Waals surface area contributed by atoms with Crippen molar-refractivity contribution >= 4 is 22.9 Å². The number of aryl methyl sites for hydroxylation is 2. The second-order valence-corrected chi connectivity index (χ2v) is 7.54. The SMILES string of the molecule is Cc1ccc(Nc2ncc(C(=O)NCC3CCOCC3)n3c(C)ccc23)cc1F. The number of carbonyl (C=O) groups excluding carboxylic acids is 1. The maximum Gasteiger partial charge on any atom is 0.269 e. The molecular formula is C22H25FN4O2. The minimum Gasteiger partial charge on any atom is -0.381 e. The van der Waals surface area contributed by atoms with Crippen LogP contribution in [0.15, 0.2) is 36.5 Å². The number of benzene rings is 1. The highest BCUT2D eigenvalue weighted by molar-refractivity contribution is 5.94. The normalized spacial score (nSPS) is 14.9. The fourth-order valence-corrected chi connectivity index (χ4v) is 3.63. The summed E-state index contributed by atoms with van der Waals surface area (Å²) in [5, 5.41) is 6.20. The smallest absolute Gasteiger partial charge is 0.269 e. The van der Waals surface area contributed by atoms with Crippen molar-refractivity contribution < 1.29 is 13.9 Å². The number of carbonyl (C=O) groups is 1. The maximum atomic E-state index is 13.9. The molecule has 0 radical (unpaired) electrons. The molecule has 1 amide bonds. The van der Waals surface area contributed by atoms with Crippen molar-refractivity contribution in [2.45, 2.75) is 26.7 Å². The fraction of sp³-hybridized carbons (Fsp3) is 0.364. The molecule has 0 bridgehead atoms. The molecule has 29 heavy (non-hydrogen) atoms. The highest BCUT2D eigenvalue weighted by Crippen LogP contribution is 2.24. The van der Waals surface area contributed by atoms with E-state index in [4.69, 9.17) is 4.74 Å². The van der Waals surface area contributed by atoms with Gasteiger partial charge in [0.2, 0.25) is 0 Å². The van der Waals surface area contributed by atoms with Crippen molar-refractivity contribution in [1.29, 1.82) is 0 Å². The predicted octanol–water partition coefficient (Wildman–Crippen LogP) is 3.99. The zero-order valence-corrected chi connectivity index (χ0v) is 16.7. The van der Waals surface area contributed by atoms with Gasteiger partial charge in [-0.1, -0.05) is 6.07 Å². The zero-order chi connectivity index (χ0) is 20.4. The van der Waals surface area contributed by atoms with Crippen molar-refractivity contribution in [3.05, 3.63) is 59.3 Å². The van der Waals surface area contributed by atoms with Crippen molar-refractivity contribution in [3.8, 4) is 0 Å². The van der Waals surface area contributed by atoms with Crippen LogP contribution in [0, 0.1) is 25.6 Å². The first-order chi connectivity index (χ1) is 14.0. The minimum atomic E-state index is -0.276. The van der Waals surface area contributed by atoms with Crippen LogP contribution in [0.5, 0.6) is 0 Å². The summed E-state index contributed by atoms with van der Waals surface area (Å²) in [6.07, 6.45) is 3.49. The molecule has 1 saturated heterocycles. The Bertz CT molecular complexity index is 1040. The van der Waals surface area contributed by atoms with Gasteiger partial charge in [-0.25, -0.2) is 9.37 Å². The fourth-order valence-electron chi connectivity index (χ4n) is 3.63. The van der Waals surface area contributed by atoms with Gasteiger partial charge < -0.3 is 19.8 Å². The van der Waals surface area contributed by atoms with E-state index in [9.17, 15) is 9.18 Å². The first kappa shape index (κ1) is 19.4. The predicted molar refractivity (Wildman–Crippen MR) is 110 cm³/mol. The standard InChI is InChI=1S/C22H25FN4O2/c1-14-3-5-17(11-18(14)23)26-21-19-6-4-15(2)27(19)20(13-24-21)22(28)25-12-16-7-9-29-10-8-16/h3-6,11,13,16H,7-10,12H2,1-2H3,(H,24,26)(H,25,28). The summed E-state index contributed by atoms with van der Waals surface area (Å²) in [7, 11) is 0. The molecule has 6 nitrogen and oxygen atoms in total. The van der Waals surface area contributed by atoms with Crippen molar-refractivity contribution in [2.24, 2.45) is 5.92 Å². The molecule has 152 valence electrons. The number of fused-ring (bicyclic) bond motifs is 1.